The van der Waals surface area contributed by atoms with Gasteiger partial charge in [-0.25, -0.2) is 9.97 Å². The topological polar surface area (TPSA) is 73.4 Å². The molecule has 1 saturated heterocycles. The highest BCUT2D eigenvalue weighted by Gasteiger charge is 2.15. The number of nitrogens with one attached hydrogen (secondary N) is 2. The van der Waals surface area contributed by atoms with E-state index >= 15 is 0 Å². The number of carbonyl (C=O) groups is 1. The van der Waals surface area contributed by atoms with Gasteiger partial charge in [0.1, 0.15) is 17.3 Å². The summed E-state index contributed by atoms with van der Waals surface area (Å²) in [5.74, 6) is 1.02. The first-order valence-electron chi connectivity index (χ1n) is 9.91. The Hall–Kier alpha value is -2.67. The summed E-state index contributed by atoms with van der Waals surface area (Å²) < 4.78 is 0. The Morgan fingerprint density at radius 2 is 1.82 bits per heavy atom. The summed E-state index contributed by atoms with van der Waals surface area (Å²) >= 11 is 0. The second kappa shape index (κ2) is 9.01. The van der Waals surface area contributed by atoms with Crippen molar-refractivity contribution in [1.29, 1.82) is 0 Å². The first-order valence-corrected chi connectivity index (χ1v) is 9.91. The number of aryl methyl sites for hydroxylation is 1. The summed E-state index contributed by atoms with van der Waals surface area (Å²) in [6.45, 7) is 10.2. The Morgan fingerprint density at radius 1 is 1.14 bits per heavy atom. The fourth-order valence-electron chi connectivity index (χ4n) is 3.13. The smallest absolute Gasteiger partial charge is 0.274 e. The Kier molecular flexibility index (Phi) is 6.46. The van der Waals surface area contributed by atoms with Crippen molar-refractivity contribution in [2.75, 3.05) is 48.8 Å². The molecular weight excluding hydrogens is 352 g/mol. The summed E-state index contributed by atoms with van der Waals surface area (Å²) in [6.07, 6.45) is 0.976. The molecule has 2 heterocycles. The molecule has 0 spiro atoms. The van der Waals surface area contributed by atoms with Gasteiger partial charge >= 0.3 is 0 Å². The van der Waals surface area contributed by atoms with E-state index in [0.717, 1.165) is 38.3 Å². The molecule has 2 N–H and O–H groups in total. The lowest BCUT2D eigenvalue weighted by Crippen LogP contribution is -2.44. The molecule has 0 radical (unpaired) electrons. The van der Waals surface area contributed by atoms with Crippen LogP contribution in [0.4, 0.5) is 17.2 Å². The Morgan fingerprint density at radius 3 is 2.46 bits per heavy atom. The number of likely N-dealkylation sites (N-methyl/N-ethyl adjacent to an activating group) is 1. The molecule has 150 valence electrons. The predicted molar refractivity (Wildman–Crippen MR) is 114 cm³/mol. The van der Waals surface area contributed by atoms with Crippen LogP contribution in [0.1, 0.15) is 36.6 Å². The molecule has 1 aliphatic rings. The van der Waals surface area contributed by atoms with E-state index in [-0.39, 0.29) is 11.9 Å². The van der Waals surface area contributed by atoms with Crippen LogP contribution in [0.2, 0.25) is 0 Å². The van der Waals surface area contributed by atoms with Crippen LogP contribution in [0.3, 0.4) is 0 Å². The van der Waals surface area contributed by atoms with E-state index in [2.05, 4.69) is 63.4 Å². The lowest BCUT2D eigenvalue weighted by molar-refractivity contribution is 0.102. The van der Waals surface area contributed by atoms with Gasteiger partial charge in [0.05, 0.1) is 0 Å². The number of benzene rings is 1. The third kappa shape index (κ3) is 5.19. The summed E-state index contributed by atoms with van der Waals surface area (Å²) in [7, 11) is 2.15. The highest BCUT2D eigenvalue weighted by Crippen LogP contribution is 2.20. The number of hydrogen-bond acceptors (Lipinski definition) is 6. The number of nitrogens with zero attached hydrogens (tertiary/aromatic N) is 4. The van der Waals surface area contributed by atoms with Crippen molar-refractivity contribution in [1.82, 2.24) is 14.9 Å². The normalized spacial score (nSPS) is 15.9. The summed E-state index contributed by atoms with van der Waals surface area (Å²) in [4.78, 5) is 26.0. The minimum atomic E-state index is -0.231. The monoisotopic (exact) mass is 382 g/mol. The van der Waals surface area contributed by atoms with Gasteiger partial charge < -0.3 is 20.4 Å². The van der Waals surface area contributed by atoms with Gasteiger partial charge in [0.2, 0.25) is 0 Å². The summed E-state index contributed by atoms with van der Waals surface area (Å²) in [6, 6.07) is 9.99. The molecule has 1 aliphatic heterocycles. The molecule has 0 saturated carbocycles. The number of rotatable bonds is 6. The van der Waals surface area contributed by atoms with Crippen LogP contribution >= 0.6 is 0 Å². The molecule has 7 nitrogen and oxygen atoms in total. The van der Waals surface area contributed by atoms with Gasteiger partial charge in [-0.1, -0.05) is 6.92 Å². The Balaban J connectivity index is 1.66. The largest absolute Gasteiger partial charge is 0.369 e. The maximum Gasteiger partial charge on any atom is 0.274 e. The molecule has 2 aromatic rings. The molecular formula is C21H30N6O. The van der Waals surface area contributed by atoms with Gasteiger partial charge in [-0.15, -0.1) is 0 Å². The number of aromatic nitrogens is 2. The average molecular weight is 383 g/mol. The molecule has 1 amide bonds. The lowest BCUT2D eigenvalue weighted by atomic mass is 10.2. The van der Waals surface area contributed by atoms with Crippen molar-refractivity contribution in [3.05, 3.63) is 41.9 Å². The SMILES string of the molecule is CCC(C)Nc1cc(C(=O)Nc2ccc(N3CCN(C)CC3)cc2)nc(C)n1. The third-order valence-electron chi connectivity index (χ3n) is 5.07. The van der Waals surface area contributed by atoms with Crippen LogP contribution in [0, 0.1) is 6.92 Å². The van der Waals surface area contributed by atoms with E-state index in [1.165, 1.54) is 5.69 Å². The second-order valence-electron chi connectivity index (χ2n) is 7.43. The fraction of sp³-hybridized carbons (Fsp3) is 0.476. The third-order valence-corrected chi connectivity index (χ3v) is 5.07. The van der Waals surface area contributed by atoms with Gasteiger partial charge in [-0.05, 0) is 51.6 Å². The number of carbonyl (C=O) groups excluding carboxylic acids is 1. The highest BCUT2D eigenvalue weighted by atomic mass is 16.1. The maximum absolute atomic E-state index is 12.7. The van der Waals surface area contributed by atoms with Gasteiger partial charge in [0, 0.05) is 49.7 Å². The zero-order valence-corrected chi connectivity index (χ0v) is 17.2. The molecule has 1 aromatic heterocycles. The highest BCUT2D eigenvalue weighted by molar-refractivity contribution is 6.03. The Labute approximate surface area is 167 Å². The van der Waals surface area contributed by atoms with Crippen LogP contribution in [0.25, 0.3) is 0 Å². The van der Waals surface area contributed by atoms with Crippen LogP contribution in [0.15, 0.2) is 30.3 Å². The first-order chi connectivity index (χ1) is 13.4. The second-order valence-corrected chi connectivity index (χ2v) is 7.43. The lowest BCUT2D eigenvalue weighted by Gasteiger charge is -2.34. The molecule has 1 aromatic carbocycles. The van der Waals surface area contributed by atoms with E-state index in [9.17, 15) is 4.79 Å². The van der Waals surface area contributed by atoms with E-state index in [0.29, 0.717) is 17.3 Å². The number of amides is 1. The average Bonchev–Trinajstić information content (AvgIpc) is 2.68. The molecule has 7 heteroatoms. The van der Waals surface area contributed by atoms with Gasteiger partial charge in [-0.2, -0.15) is 0 Å². The molecule has 0 aliphatic carbocycles. The van der Waals surface area contributed by atoms with Crippen LogP contribution in [-0.2, 0) is 0 Å². The summed E-state index contributed by atoms with van der Waals surface area (Å²) in [5.41, 5.74) is 2.31. The minimum Gasteiger partial charge on any atom is -0.369 e. The fourth-order valence-corrected chi connectivity index (χ4v) is 3.13. The quantitative estimate of drug-likeness (QED) is 0.800. The van der Waals surface area contributed by atoms with Crippen molar-refractivity contribution in [2.45, 2.75) is 33.2 Å². The molecule has 1 atom stereocenters. The van der Waals surface area contributed by atoms with E-state index < -0.39 is 0 Å². The van der Waals surface area contributed by atoms with Crippen LogP contribution < -0.4 is 15.5 Å². The van der Waals surface area contributed by atoms with E-state index in [1.807, 2.05) is 12.1 Å². The molecule has 0 bridgehead atoms. The van der Waals surface area contributed by atoms with Crippen molar-refractivity contribution >= 4 is 23.1 Å². The van der Waals surface area contributed by atoms with Crippen molar-refractivity contribution in [3.63, 3.8) is 0 Å². The standard InChI is InChI=1S/C21H30N6O/c1-5-15(2)22-20-14-19(23-16(3)24-20)21(28)25-17-6-8-18(9-7-17)27-12-10-26(4)11-13-27/h6-9,14-15H,5,10-13H2,1-4H3,(H,25,28)(H,22,23,24). The molecule has 1 fully saturated rings. The summed E-state index contributed by atoms with van der Waals surface area (Å²) in [5, 5.41) is 6.23. The van der Waals surface area contributed by atoms with Gasteiger partial charge in [-0.3, -0.25) is 4.79 Å². The number of hydrogen-bond donors (Lipinski definition) is 2. The van der Waals surface area contributed by atoms with Crippen molar-refractivity contribution in [2.24, 2.45) is 0 Å². The van der Waals surface area contributed by atoms with Crippen molar-refractivity contribution in [3.8, 4) is 0 Å². The minimum absolute atomic E-state index is 0.231. The first kappa shape index (κ1) is 20.1. The predicted octanol–water partition coefficient (Wildman–Crippen LogP) is 3.00. The van der Waals surface area contributed by atoms with Crippen molar-refractivity contribution < 1.29 is 4.79 Å². The number of anilines is 3. The molecule has 28 heavy (non-hydrogen) atoms. The van der Waals surface area contributed by atoms with Gasteiger partial charge in [0.25, 0.3) is 5.91 Å². The number of piperazine rings is 1. The van der Waals surface area contributed by atoms with E-state index in [1.54, 1.807) is 13.0 Å². The van der Waals surface area contributed by atoms with E-state index in [4.69, 9.17) is 0 Å². The Bertz CT molecular complexity index is 799. The maximum atomic E-state index is 12.7. The molecule has 3 rings (SSSR count). The van der Waals surface area contributed by atoms with Crippen LogP contribution in [0.5, 0.6) is 0 Å². The zero-order valence-electron chi connectivity index (χ0n) is 17.2. The van der Waals surface area contributed by atoms with Crippen LogP contribution in [-0.4, -0.2) is 60.0 Å². The zero-order chi connectivity index (χ0) is 20.1. The van der Waals surface area contributed by atoms with Gasteiger partial charge in [0.15, 0.2) is 0 Å². The molecule has 1 unspecified atom stereocenters.